The van der Waals surface area contributed by atoms with Crippen LogP contribution >= 0.6 is 11.3 Å². The minimum Gasteiger partial charge on any atom is -0.462 e. The average Bonchev–Trinajstić information content (AvgIpc) is 3.21. The summed E-state index contributed by atoms with van der Waals surface area (Å²) in [4.78, 5) is 28.7. The van der Waals surface area contributed by atoms with Crippen LogP contribution < -0.4 is 4.80 Å². The summed E-state index contributed by atoms with van der Waals surface area (Å²) < 4.78 is 12.9. The van der Waals surface area contributed by atoms with E-state index in [1.165, 1.54) is 17.6 Å². The molecule has 0 bridgehead atoms. The van der Waals surface area contributed by atoms with E-state index in [4.69, 9.17) is 9.15 Å². The lowest BCUT2D eigenvalue weighted by Gasteiger charge is -2.03. The van der Waals surface area contributed by atoms with E-state index in [0.717, 1.165) is 10.2 Å². The second-order valence-corrected chi connectivity index (χ2v) is 5.94. The number of aryl methyl sites for hydroxylation is 1. The van der Waals surface area contributed by atoms with E-state index >= 15 is 0 Å². The number of fused-ring (bicyclic) bond motifs is 1. The number of benzene rings is 1. The summed E-state index contributed by atoms with van der Waals surface area (Å²) in [5, 5.41) is 0. The SMILES string of the molecule is CCOC(=O)c1ccc2c(c1)sc(=NC(=O)c1ccco1)n2CC. The van der Waals surface area contributed by atoms with Crippen LogP contribution in [-0.2, 0) is 11.3 Å². The smallest absolute Gasteiger partial charge is 0.338 e. The van der Waals surface area contributed by atoms with E-state index in [2.05, 4.69) is 4.99 Å². The molecule has 0 fully saturated rings. The number of thiazole rings is 1. The largest absolute Gasteiger partial charge is 0.462 e. The van der Waals surface area contributed by atoms with Gasteiger partial charge in [0, 0.05) is 6.54 Å². The van der Waals surface area contributed by atoms with Gasteiger partial charge in [0.2, 0.25) is 0 Å². The van der Waals surface area contributed by atoms with E-state index in [-0.39, 0.29) is 11.7 Å². The highest BCUT2D eigenvalue weighted by Crippen LogP contribution is 2.20. The third kappa shape index (κ3) is 3.03. The van der Waals surface area contributed by atoms with Gasteiger partial charge in [-0.25, -0.2) is 4.79 Å². The summed E-state index contributed by atoms with van der Waals surface area (Å²) >= 11 is 1.35. The standard InChI is InChI=1S/C17H16N2O4S/c1-3-19-12-8-7-11(16(21)22-4-2)10-14(12)24-17(19)18-15(20)13-6-5-9-23-13/h5-10H,3-4H2,1-2H3. The van der Waals surface area contributed by atoms with Crippen LogP contribution in [0.5, 0.6) is 0 Å². The predicted octanol–water partition coefficient (Wildman–Crippen LogP) is 3.23. The summed E-state index contributed by atoms with van der Waals surface area (Å²) in [5.74, 6) is -0.595. The normalized spacial score (nSPS) is 11.8. The number of carbonyl (C=O) groups is 2. The van der Waals surface area contributed by atoms with Crippen molar-refractivity contribution in [3.63, 3.8) is 0 Å². The third-order valence-corrected chi connectivity index (χ3v) is 4.48. The van der Waals surface area contributed by atoms with Crippen LogP contribution in [0.3, 0.4) is 0 Å². The lowest BCUT2D eigenvalue weighted by Crippen LogP contribution is -2.15. The Hall–Kier alpha value is -2.67. The van der Waals surface area contributed by atoms with Crippen LogP contribution in [0.2, 0.25) is 0 Å². The zero-order chi connectivity index (χ0) is 17.1. The van der Waals surface area contributed by atoms with Gasteiger partial charge in [-0.05, 0) is 44.2 Å². The zero-order valence-electron chi connectivity index (χ0n) is 13.3. The molecule has 0 unspecified atom stereocenters. The molecule has 3 rings (SSSR count). The van der Waals surface area contributed by atoms with Gasteiger partial charge >= 0.3 is 11.9 Å². The number of ether oxygens (including phenoxy) is 1. The molecule has 0 atom stereocenters. The molecular formula is C17H16N2O4S. The summed E-state index contributed by atoms with van der Waals surface area (Å²) in [5.41, 5.74) is 1.40. The maximum absolute atomic E-state index is 12.1. The molecule has 6 nitrogen and oxygen atoms in total. The molecular weight excluding hydrogens is 328 g/mol. The Labute approximate surface area is 142 Å². The highest BCUT2D eigenvalue weighted by atomic mass is 32.1. The van der Waals surface area contributed by atoms with Gasteiger partial charge in [0.1, 0.15) is 0 Å². The highest BCUT2D eigenvalue weighted by Gasteiger charge is 2.13. The third-order valence-electron chi connectivity index (χ3n) is 3.44. The topological polar surface area (TPSA) is 73.8 Å². The fourth-order valence-electron chi connectivity index (χ4n) is 2.35. The van der Waals surface area contributed by atoms with Crippen LogP contribution in [0.4, 0.5) is 0 Å². The number of hydrogen-bond donors (Lipinski definition) is 0. The average molecular weight is 344 g/mol. The first-order valence-electron chi connectivity index (χ1n) is 7.57. The molecule has 2 heterocycles. The first-order valence-corrected chi connectivity index (χ1v) is 8.38. The quantitative estimate of drug-likeness (QED) is 0.681. The van der Waals surface area contributed by atoms with Crippen molar-refractivity contribution in [2.75, 3.05) is 6.61 Å². The van der Waals surface area contributed by atoms with Crippen molar-refractivity contribution in [2.45, 2.75) is 20.4 Å². The maximum atomic E-state index is 12.1. The van der Waals surface area contributed by atoms with Crippen molar-refractivity contribution >= 4 is 33.4 Å². The van der Waals surface area contributed by atoms with Crippen LogP contribution in [0, 0.1) is 0 Å². The first kappa shape index (κ1) is 16.2. The van der Waals surface area contributed by atoms with Crippen molar-refractivity contribution < 1.29 is 18.7 Å². The van der Waals surface area contributed by atoms with Crippen LogP contribution in [-0.4, -0.2) is 23.1 Å². The van der Waals surface area contributed by atoms with Gasteiger partial charge in [0.25, 0.3) is 0 Å². The van der Waals surface area contributed by atoms with Gasteiger partial charge in [-0.15, -0.1) is 0 Å². The second kappa shape index (κ2) is 6.84. The molecule has 0 spiro atoms. The predicted molar refractivity (Wildman–Crippen MR) is 90.0 cm³/mol. The fraction of sp³-hybridized carbons (Fsp3) is 0.235. The Morgan fingerprint density at radius 1 is 1.29 bits per heavy atom. The Bertz CT molecular complexity index is 951. The van der Waals surface area contributed by atoms with E-state index in [1.54, 1.807) is 31.2 Å². The molecule has 0 N–H and O–H groups in total. The van der Waals surface area contributed by atoms with E-state index < -0.39 is 5.91 Å². The number of amides is 1. The van der Waals surface area contributed by atoms with E-state index in [1.807, 2.05) is 17.6 Å². The number of hydrogen-bond acceptors (Lipinski definition) is 5. The lowest BCUT2D eigenvalue weighted by atomic mass is 10.2. The van der Waals surface area contributed by atoms with Gasteiger partial charge in [-0.2, -0.15) is 4.99 Å². The van der Waals surface area contributed by atoms with Gasteiger partial charge in [-0.1, -0.05) is 11.3 Å². The van der Waals surface area contributed by atoms with Gasteiger partial charge in [0.15, 0.2) is 10.6 Å². The Balaban J connectivity index is 2.08. The summed E-state index contributed by atoms with van der Waals surface area (Å²) in [6, 6.07) is 8.55. The number of nitrogens with zero attached hydrogens (tertiary/aromatic N) is 2. The second-order valence-electron chi connectivity index (χ2n) is 4.93. The Kier molecular flexibility index (Phi) is 4.61. The molecule has 3 aromatic rings. The first-order chi connectivity index (χ1) is 11.6. The molecule has 0 radical (unpaired) electrons. The Morgan fingerprint density at radius 2 is 2.12 bits per heavy atom. The van der Waals surface area contributed by atoms with Crippen molar-refractivity contribution in [1.82, 2.24) is 4.57 Å². The van der Waals surface area contributed by atoms with Crippen LogP contribution in [0.15, 0.2) is 46.0 Å². The molecule has 2 aromatic heterocycles. The molecule has 0 aliphatic rings. The fourth-order valence-corrected chi connectivity index (χ4v) is 3.48. The van der Waals surface area contributed by atoms with Crippen molar-refractivity contribution in [2.24, 2.45) is 4.99 Å². The highest BCUT2D eigenvalue weighted by molar-refractivity contribution is 7.16. The number of carbonyl (C=O) groups excluding carboxylic acids is 2. The molecule has 7 heteroatoms. The Morgan fingerprint density at radius 3 is 2.79 bits per heavy atom. The number of rotatable bonds is 4. The van der Waals surface area contributed by atoms with Crippen molar-refractivity contribution in [3.8, 4) is 0 Å². The molecule has 1 amide bonds. The molecule has 0 saturated heterocycles. The number of esters is 1. The van der Waals surface area contributed by atoms with Gasteiger partial charge in [0.05, 0.1) is 28.7 Å². The monoisotopic (exact) mass is 344 g/mol. The molecule has 0 saturated carbocycles. The maximum Gasteiger partial charge on any atom is 0.338 e. The molecule has 0 aliphatic carbocycles. The number of furan rings is 1. The van der Waals surface area contributed by atoms with Crippen LogP contribution in [0.25, 0.3) is 10.2 Å². The minimum atomic E-state index is -0.431. The molecule has 0 aliphatic heterocycles. The molecule has 24 heavy (non-hydrogen) atoms. The molecule has 124 valence electrons. The van der Waals surface area contributed by atoms with Crippen LogP contribution in [0.1, 0.15) is 34.8 Å². The minimum absolute atomic E-state index is 0.197. The summed E-state index contributed by atoms with van der Waals surface area (Å²) in [6.45, 7) is 4.73. The van der Waals surface area contributed by atoms with Gasteiger partial charge < -0.3 is 13.7 Å². The van der Waals surface area contributed by atoms with Gasteiger partial charge in [-0.3, -0.25) is 4.79 Å². The lowest BCUT2D eigenvalue weighted by molar-refractivity contribution is 0.0526. The summed E-state index contributed by atoms with van der Waals surface area (Å²) in [7, 11) is 0. The van der Waals surface area contributed by atoms with E-state index in [9.17, 15) is 9.59 Å². The van der Waals surface area contributed by atoms with Crippen molar-refractivity contribution in [1.29, 1.82) is 0 Å². The number of aromatic nitrogens is 1. The zero-order valence-corrected chi connectivity index (χ0v) is 14.1. The van der Waals surface area contributed by atoms with E-state index in [0.29, 0.717) is 23.5 Å². The molecule has 1 aromatic carbocycles. The summed E-state index contributed by atoms with van der Waals surface area (Å²) in [6.07, 6.45) is 1.44. The van der Waals surface area contributed by atoms with Crippen molar-refractivity contribution in [3.05, 3.63) is 52.7 Å².